The zero-order valence-corrected chi connectivity index (χ0v) is 11.2. The molecule has 5 heteroatoms. The Morgan fingerprint density at radius 3 is 2.89 bits per heavy atom. The zero-order chi connectivity index (χ0) is 13.1. The number of rotatable bonds is 2. The number of benzene rings is 1. The lowest BCUT2D eigenvalue weighted by molar-refractivity contribution is -0.125. The van der Waals surface area contributed by atoms with Crippen LogP contribution in [0.3, 0.4) is 0 Å². The number of nitrogens with zero attached hydrogens (tertiary/aromatic N) is 1. The molecule has 0 spiro atoms. The van der Waals surface area contributed by atoms with Crippen LogP contribution in [0.5, 0.6) is 0 Å². The van der Waals surface area contributed by atoms with E-state index in [9.17, 15) is 9.90 Å². The van der Waals surface area contributed by atoms with Gasteiger partial charge in [-0.05, 0) is 24.1 Å². The minimum atomic E-state index is -0.405. The second-order valence-corrected chi connectivity index (χ2v) is 4.99. The number of hydrogen-bond acceptors (Lipinski definition) is 2. The molecule has 0 aromatic heterocycles. The maximum absolute atomic E-state index is 11.8. The molecule has 0 aliphatic carbocycles. The molecule has 1 aliphatic heterocycles. The van der Waals surface area contributed by atoms with Crippen LogP contribution in [-0.4, -0.2) is 35.1 Å². The van der Waals surface area contributed by atoms with E-state index in [2.05, 4.69) is 0 Å². The molecule has 1 atom stereocenters. The molecule has 1 heterocycles. The molecule has 96 valence electrons. The standard InChI is InChI=1S/C13H13Cl2NO2/c14-11-3-1-2-9(13(11)15)4-5-12(18)16-7-6-10(17)8-16/h1-5,10,17H,6-8H2/t10-/m0/s1. The first kappa shape index (κ1) is 13.4. The number of carbonyl (C=O) groups is 1. The van der Waals surface area contributed by atoms with E-state index in [-0.39, 0.29) is 5.91 Å². The Hall–Kier alpha value is -1.03. The highest BCUT2D eigenvalue weighted by molar-refractivity contribution is 6.42. The number of aliphatic hydroxyl groups excluding tert-OH is 1. The van der Waals surface area contributed by atoms with Gasteiger partial charge in [0.25, 0.3) is 0 Å². The average molecular weight is 286 g/mol. The van der Waals surface area contributed by atoms with Crippen LogP contribution in [0.15, 0.2) is 24.3 Å². The second-order valence-electron chi connectivity index (χ2n) is 4.20. The van der Waals surface area contributed by atoms with Gasteiger partial charge in [-0.2, -0.15) is 0 Å². The van der Waals surface area contributed by atoms with E-state index in [0.717, 1.165) is 0 Å². The van der Waals surface area contributed by atoms with Crippen LogP contribution in [0, 0.1) is 0 Å². The molecule has 1 fully saturated rings. The molecule has 18 heavy (non-hydrogen) atoms. The molecule has 1 saturated heterocycles. The van der Waals surface area contributed by atoms with Gasteiger partial charge in [0.15, 0.2) is 0 Å². The summed E-state index contributed by atoms with van der Waals surface area (Å²) in [5.41, 5.74) is 0.706. The lowest BCUT2D eigenvalue weighted by Gasteiger charge is -2.12. The maximum atomic E-state index is 11.8. The average Bonchev–Trinajstić information content (AvgIpc) is 2.77. The lowest BCUT2D eigenvalue weighted by Crippen LogP contribution is -2.27. The van der Waals surface area contributed by atoms with E-state index < -0.39 is 6.10 Å². The van der Waals surface area contributed by atoms with E-state index in [1.165, 1.54) is 6.08 Å². The van der Waals surface area contributed by atoms with E-state index >= 15 is 0 Å². The molecule has 3 nitrogen and oxygen atoms in total. The summed E-state index contributed by atoms with van der Waals surface area (Å²) in [5, 5.41) is 10.3. The topological polar surface area (TPSA) is 40.5 Å². The van der Waals surface area contributed by atoms with Crippen LogP contribution in [0.25, 0.3) is 6.08 Å². The summed E-state index contributed by atoms with van der Waals surface area (Å²) in [7, 11) is 0. The SMILES string of the molecule is O=C(C=Cc1cccc(Cl)c1Cl)N1CC[C@H](O)C1. The summed E-state index contributed by atoms with van der Waals surface area (Å²) in [6.07, 6.45) is 3.33. The van der Waals surface area contributed by atoms with Crippen molar-refractivity contribution < 1.29 is 9.90 Å². The van der Waals surface area contributed by atoms with Crippen molar-refractivity contribution in [3.63, 3.8) is 0 Å². The number of β-amino-alcohol motifs (C(OH)–C–C–N with tert-alkyl or cyclic N) is 1. The largest absolute Gasteiger partial charge is 0.391 e. The highest BCUT2D eigenvalue weighted by atomic mass is 35.5. The molecule has 2 rings (SSSR count). The normalized spacial score (nSPS) is 19.7. The van der Waals surface area contributed by atoms with Crippen LogP contribution >= 0.6 is 23.2 Å². The van der Waals surface area contributed by atoms with Gasteiger partial charge in [-0.15, -0.1) is 0 Å². The van der Waals surface area contributed by atoms with E-state index in [1.54, 1.807) is 29.2 Å². The Bertz CT molecular complexity index is 488. The van der Waals surface area contributed by atoms with Gasteiger partial charge in [-0.3, -0.25) is 4.79 Å². The van der Waals surface area contributed by atoms with Crippen LogP contribution in [0.1, 0.15) is 12.0 Å². The summed E-state index contributed by atoms with van der Waals surface area (Å²) in [6, 6.07) is 5.26. The molecule has 1 aromatic carbocycles. The molecule has 1 amide bonds. The van der Waals surface area contributed by atoms with E-state index in [4.69, 9.17) is 23.2 Å². The zero-order valence-electron chi connectivity index (χ0n) is 9.64. The third kappa shape index (κ3) is 3.05. The van der Waals surface area contributed by atoms with Crippen molar-refractivity contribution in [3.8, 4) is 0 Å². The van der Waals surface area contributed by atoms with Crippen molar-refractivity contribution in [2.75, 3.05) is 13.1 Å². The first-order chi connectivity index (χ1) is 8.58. The van der Waals surface area contributed by atoms with Gasteiger partial charge in [0.2, 0.25) is 5.91 Å². The Morgan fingerprint density at radius 2 is 2.22 bits per heavy atom. The number of amides is 1. The smallest absolute Gasteiger partial charge is 0.246 e. The molecule has 1 N–H and O–H groups in total. The van der Waals surface area contributed by atoms with Gasteiger partial charge >= 0.3 is 0 Å². The van der Waals surface area contributed by atoms with E-state index in [1.807, 2.05) is 0 Å². The third-order valence-corrected chi connectivity index (χ3v) is 3.70. The van der Waals surface area contributed by atoms with Crippen LogP contribution in [-0.2, 0) is 4.79 Å². The number of aliphatic hydroxyl groups is 1. The summed E-state index contributed by atoms with van der Waals surface area (Å²) in [4.78, 5) is 13.4. The maximum Gasteiger partial charge on any atom is 0.246 e. The molecular formula is C13H13Cl2NO2. The third-order valence-electron chi connectivity index (χ3n) is 2.86. The van der Waals surface area contributed by atoms with Crippen molar-refractivity contribution in [3.05, 3.63) is 39.9 Å². The summed E-state index contributed by atoms with van der Waals surface area (Å²) >= 11 is 11.9. The van der Waals surface area contributed by atoms with Gasteiger partial charge in [0.1, 0.15) is 0 Å². The molecule has 0 radical (unpaired) electrons. The van der Waals surface area contributed by atoms with Crippen LogP contribution in [0.4, 0.5) is 0 Å². The number of halogens is 2. The monoisotopic (exact) mass is 285 g/mol. The van der Waals surface area contributed by atoms with Gasteiger partial charge in [-0.25, -0.2) is 0 Å². The van der Waals surface area contributed by atoms with Crippen molar-refractivity contribution in [2.45, 2.75) is 12.5 Å². The van der Waals surface area contributed by atoms with E-state index in [0.29, 0.717) is 35.1 Å². The number of hydrogen-bond donors (Lipinski definition) is 1. The Balaban J connectivity index is 2.06. The van der Waals surface area contributed by atoms with Gasteiger partial charge in [0, 0.05) is 19.2 Å². The summed E-state index contributed by atoms with van der Waals surface area (Å²) < 4.78 is 0. The first-order valence-corrected chi connectivity index (χ1v) is 6.42. The van der Waals surface area contributed by atoms with Crippen molar-refractivity contribution >= 4 is 35.2 Å². The minimum absolute atomic E-state index is 0.123. The number of carbonyl (C=O) groups excluding carboxylic acids is 1. The van der Waals surface area contributed by atoms with Gasteiger partial charge < -0.3 is 10.0 Å². The van der Waals surface area contributed by atoms with Gasteiger partial charge in [0.05, 0.1) is 16.1 Å². The predicted molar refractivity (Wildman–Crippen MR) is 72.7 cm³/mol. The van der Waals surface area contributed by atoms with Crippen molar-refractivity contribution in [1.29, 1.82) is 0 Å². The highest BCUT2D eigenvalue weighted by Crippen LogP contribution is 2.26. The fourth-order valence-electron chi connectivity index (χ4n) is 1.86. The molecule has 1 aliphatic rings. The van der Waals surface area contributed by atoms with Crippen molar-refractivity contribution in [1.82, 2.24) is 4.90 Å². The number of likely N-dealkylation sites (tertiary alicyclic amines) is 1. The Kier molecular flexibility index (Phi) is 4.27. The Morgan fingerprint density at radius 1 is 1.44 bits per heavy atom. The first-order valence-electron chi connectivity index (χ1n) is 5.67. The predicted octanol–water partition coefficient (Wildman–Crippen LogP) is 2.60. The van der Waals surface area contributed by atoms with Crippen LogP contribution in [0.2, 0.25) is 10.0 Å². The second kappa shape index (κ2) is 5.74. The fourth-order valence-corrected chi connectivity index (χ4v) is 2.23. The lowest BCUT2D eigenvalue weighted by atomic mass is 10.2. The molecule has 0 unspecified atom stereocenters. The quantitative estimate of drug-likeness (QED) is 0.849. The fraction of sp³-hybridized carbons (Fsp3) is 0.308. The van der Waals surface area contributed by atoms with Crippen molar-refractivity contribution in [2.24, 2.45) is 0 Å². The molecular weight excluding hydrogens is 273 g/mol. The molecule has 1 aromatic rings. The van der Waals surface area contributed by atoms with Gasteiger partial charge in [-0.1, -0.05) is 35.3 Å². The minimum Gasteiger partial charge on any atom is -0.391 e. The summed E-state index contributed by atoms with van der Waals surface area (Å²) in [6.45, 7) is 0.986. The van der Waals surface area contributed by atoms with Crippen LogP contribution < -0.4 is 0 Å². The summed E-state index contributed by atoms with van der Waals surface area (Å²) in [5.74, 6) is -0.123. The molecule has 0 bridgehead atoms. The molecule has 0 saturated carbocycles. The Labute approximate surface area is 116 Å². The highest BCUT2D eigenvalue weighted by Gasteiger charge is 2.22.